The Balaban J connectivity index is 1.24. The minimum absolute atomic E-state index is 0.251. The van der Waals surface area contributed by atoms with Crippen LogP contribution < -0.4 is 0 Å². The van der Waals surface area contributed by atoms with Crippen molar-refractivity contribution in [2.24, 2.45) is 5.16 Å². The van der Waals surface area contributed by atoms with Gasteiger partial charge < -0.3 is 9.74 Å². The lowest BCUT2D eigenvalue weighted by Gasteiger charge is -2.38. The second kappa shape index (κ2) is 6.63. The van der Waals surface area contributed by atoms with Crippen molar-refractivity contribution in [3.8, 4) is 0 Å². The van der Waals surface area contributed by atoms with E-state index in [0.717, 1.165) is 62.0 Å². The summed E-state index contributed by atoms with van der Waals surface area (Å²) in [5, 5.41) is 5.08. The summed E-state index contributed by atoms with van der Waals surface area (Å²) < 4.78 is 0. The second-order valence-electron chi connectivity index (χ2n) is 8.24. The molecule has 0 radical (unpaired) electrons. The minimum Gasteiger partial charge on any atom is -0.388 e. The summed E-state index contributed by atoms with van der Waals surface area (Å²) in [7, 11) is 0. The summed E-state index contributed by atoms with van der Waals surface area (Å²) in [6.07, 6.45) is 4.33. The van der Waals surface area contributed by atoms with Gasteiger partial charge in [0.2, 0.25) is 5.91 Å². The number of amides is 1. The van der Waals surface area contributed by atoms with E-state index in [4.69, 9.17) is 16.4 Å². The van der Waals surface area contributed by atoms with E-state index in [1.54, 1.807) is 0 Å². The summed E-state index contributed by atoms with van der Waals surface area (Å²) in [4.78, 5) is 21.2. The van der Waals surface area contributed by atoms with Crippen molar-refractivity contribution in [2.45, 2.75) is 43.1 Å². The van der Waals surface area contributed by atoms with Crippen LogP contribution in [0.4, 0.5) is 0 Å². The highest BCUT2D eigenvalue weighted by Gasteiger charge is 2.54. The molecule has 2 aromatic rings. The third-order valence-corrected chi connectivity index (χ3v) is 6.72. The van der Waals surface area contributed by atoms with Crippen molar-refractivity contribution < 1.29 is 9.63 Å². The quantitative estimate of drug-likeness (QED) is 0.765. The number of likely N-dealkylation sites (tertiary alicyclic amines) is 1. The summed E-state index contributed by atoms with van der Waals surface area (Å²) in [6.45, 7) is 1.46. The Kier molecular flexibility index (Phi) is 4.20. The number of halogens is 1. The standard InChI is InChI=1S/C23H23ClN2O2/c24-19-8-6-18(7-9-19)23(10-11-23)21(27)26-14-12-22(13-15-26)16-20(25-28-22)17-4-2-1-3-5-17/h1-9H,10-16H2. The van der Waals surface area contributed by atoms with Crippen LogP contribution in [0.3, 0.4) is 0 Å². The molecule has 0 N–H and O–H groups in total. The van der Waals surface area contributed by atoms with Crippen LogP contribution in [0.1, 0.15) is 43.2 Å². The monoisotopic (exact) mass is 394 g/mol. The van der Waals surface area contributed by atoms with Gasteiger partial charge in [-0.05, 0) is 36.1 Å². The Morgan fingerprint density at radius 1 is 0.964 bits per heavy atom. The molecule has 0 bridgehead atoms. The van der Waals surface area contributed by atoms with E-state index in [1.165, 1.54) is 0 Å². The third-order valence-electron chi connectivity index (χ3n) is 6.46. The van der Waals surface area contributed by atoms with E-state index in [9.17, 15) is 4.79 Å². The summed E-state index contributed by atoms with van der Waals surface area (Å²) >= 11 is 6.02. The van der Waals surface area contributed by atoms with Crippen LogP contribution in [0.25, 0.3) is 0 Å². The lowest BCUT2D eigenvalue weighted by atomic mass is 9.84. The number of hydrogen-bond acceptors (Lipinski definition) is 3. The van der Waals surface area contributed by atoms with Gasteiger partial charge in [-0.15, -0.1) is 0 Å². The molecule has 0 atom stereocenters. The lowest BCUT2D eigenvalue weighted by Crippen LogP contribution is -2.49. The van der Waals surface area contributed by atoms with Gasteiger partial charge in [-0.3, -0.25) is 4.79 Å². The maximum atomic E-state index is 13.3. The smallest absolute Gasteiger partial charge is 0.233 e. The summed E-state index contributed by atoms with van der Waals surface area (Å²) in [6, 6.07) is 18.0. The maximum absolute atomic E-state index is 13.3. The van der Waals surface area contributed by atoms with Crippen LogP contribution in [0, 0.1) is 0 Å². The molecule has 1 saturated heterocycles. The Morgan fingerprint density at radius 3 is 2.29 bits per heavy atom. The average Bonchev–Trinajstić information content (AvgIpc) is 3.45. The molecule has 5 heteroatoms. The number of carbonyl (C=O) groups is 1. The zero-order valence-corrected chi connectivity index (χ0v) is 16.5. The molecule has 2 aromatic carbocycles. The van der Waals surface area contributed by atoms with Crippen molar-refractivity contribution in [3.63, 3.8) is 0 Å². The van der Waals surface area contributed by atoms with Crippen molar-refractivity contribution in [2.75, 3.05) is 13.1 Å². The first-order valence-corrected chi connectivity index (χ1v) is 10.3. The molecule has 1 amide bonds. The average molecular weight is 395 g/mol. The molecular formula is C23H23ClN2O2. The predicted molar refractivity (Wildman–Crippen MR) is 110 cm³/mol. The van der Waals surface area contributed by atoms with Crippen molar-refractivity contribution in [3.05, 3.63) is 70.7 Å². The fourth-order valence-electron chi connectivity index (χ4n) is 4.51. The van der Waals surface area contributed by atoms with Crippen LogP contribution in [-0.2, 0) is 15.0 Å². The number of oxime groups is 1. The molecule has 2 heterocycles. The van der Waals surface area contributed by atoms with Gasteiger partial charge in [-0.1, -0.05) is 59.2 Å². The first kappa shape index (κ1) is 17.7. The second-order valence-corrected chi connectivity index (χ2v) is 8.67. The SMILES string of the molecule is O=C(N1CCC2(CC1)CC(c1ccccc1)=NO2)C1(c2ccc(Cl)cc2)CC1. The molecule has 2 fully saturated rings. The molecule has 1 saturated carbocycles. The molecule has 2 aliphatic heterocycles. The molecule has 5 rings (SSSR count). The van der Waals surface area contributed by atoms with E-state index in [0.29, 0.717) is 5.02 Å². The van der Waals surface area contributed by atoms with Crippen molar-refractivity contribution in [1.82, 2.24) is 4.90 Å². The minimum atomic E-state index is -0.336. The van der Waals surface area contributed by atoms with Gasteiger partial charge in [-0.25, -0.2) is 0 Å². The van der Waals surface area contributed by atoms with E-state index >= 15 is 0 Å². The van der Waals surface area contributed by atoms with E-state index < -0.39 is 0 Å². The van der Waals surface area contributed by atoms with Gasteiger partial charge in [0.25, 0.3) is 0 Å². The van der Waals surface area contributed by atoms with Crippen LogP contribution in [0.2, 0.25) is 5.02 Å². The van der Waals surface area contributed by atoms with Crippen LogP contribution in [-0.4, -0.2) is 35.2 Å². The van der Waals surface area contributed by atoms with Crippen molar-refractivity contribution >= 4 is 23.2 Å². The highest BCUT2D eigenvalue weighted by Crippen LogP contribution is 2.50. The van der Waals surface area contributed by atoms with Gasteiger partial charge in [0.1, 0.15) is 5.60 Å². The Bertz CT molecular complexity index is 911. The highest BCUT2D eigenvalue weighted by atomic mass is 35.5. The van der Waals surface area contributed by atoms with Crippen molar-refractivity contribution in [1.29, 1.82) is 0 Å². The molecular weight excluding hydrogens is 372 g/mol. The van der Waals surface area contributed by atoms with Crippen LogP contribution in [0.5, 0.6) is 0 Å². The number of piperidine rings is 1. The Hall–Kier alpha value is -2.33. The molecule has 0 unspecified atom stereocenters. The molecule has 1 spiro atoms. The molecule has 0 aromatic heterocycles. The number of benzene rings is 2. The third kappa shape index (κ3) is 3.00. The molecule has 144 valence electrons. The van der Waals surface area contributed by atoms with Gasteiger partial charge in [0, 0.05) is 37.4 Å². The molecule has 3 aliphatic rings. The topological polar surface area (TPSA) is 41.9 Å². The first-order chi connectivity index (χ1) is 13.6. The van der Waals surface area contributed by atoms with Gasteiger partial charge in [-0.2, -0.15) is 0 Å². The zero-order chi connectivity index (χ0) is 19.2. The first-order valence-electron chi connectivity index (χ1n) is 9.96. The Morgan fingerprint density at radius 2 is 1.64 bits per heavy atom. The fraction of sp³-hybridized carbons (Fsp3) is 0.391. The van der Waals surface area contributed by atoms with E-state index in [-0.39, 0.29) is 16.9 Å². The largest absolute Gasteiger partial charge is 0.388 e. The van der Waals surface area contributed by atoms with Gasteiger partial charge in [0.05, 0.1) is 11.1 Å². The fourth-order valence-corrected chi connectivity index (χ4v) is 4.64. The number of carbonyl (C=O) groups excluding carboxylic acids is 1. The summed E-state index contributed by atoms with van der Waals surface area (Å²) in [5.74, 6) is 0.256. The highest BCUT2D eigenvalue weighted by molar-refractivity contribution is 6.30. The Labute approximate surface area is 170 Å². The van der Waals surface area contributed by atoms with Crippen LogP contribution >= 0.6 is 11.6 Å². The zero-order valence-electron chi connectivity index (χ0n) is 15.7. The number of hydrogen-bond donors (Lipinski definition) is 0. The summed E-state index contributed by atoms with van der Waals surface area (Å²) in [5.41, 5.74) is 2.64. The molecule has 28 heavy (non-hydrogen) atoms. The molecule has 1 aliphatic carbocycles. The molecule has 4 nitrogen and oxygen atoms in total. The normalized spacial score (nSPS) is 21.9. The van der Waals surface area contributed by atoms with Crippen LogP contribution in [0.15, 0.2) is 59.8 Å². The predicted octanol–water partition coefficient (Wildman–Crippen LogP) is 4.56. The van der Waals surface area contributed by atoms with Gasteiger partial charge >= 0.3 is 0 Å². The maximum Gasteiger partial charge on any atom is 0.233 e. The van der Waals surface area contributed by atoms with E-state index in [2.05, 4.69) is 17.3 Å². The number of rotatable bonds is 3. The lowest BCUT2D eigenvalue weighted by molar-refractivity contribution is -0.139. The van der Waals surface area contributed by atoms with E-state index in [1.807, 2.05) is 47.4 Å². The number of nitrogens with zero attached hydrogens (tertiary/aromatic N) is 2. The van der Waals surface area contributed by atoms with Gasteiger partial charge in [0.15, 0.2) is 0 Å².